The fraction of sp³-hybridized carbons (Fsp3) is 0.310. The van der Waals surface area contributed by atoms with Crippen molar-refractivity contribution in [1.29, 1.82) is 0 Å². The van der Waals surface area contributed by atoms with Crippen molar-refractivity contribution in [3.05, 3.63) is 84.2 Å². The molecule has 0 saturated heterocycles. The summed E-state index contributed by atoms with van der Waals surface area (Å²) in [5.41, 5.74) is 6.05. The van der Waals surface area contributed by atoms with E-state index in [2.05, 4.69) is 71.4 Å². The topological polar surface area (TPSA) is 46.9 Å². The predicted octanol–water partition coefficient (Wildman–Crippen LogP) is 7.08. The number of unbranched alkanes of at least 4 members (excludes halogenated alkanes) is 1. The van der Waals surface area contributed by atoms with Gasteiger partial charge < -0.3 is 9.88 Å². The van der Waals surface area contributed by atoms with E-state index < -0.39 is 5.41 Å². The van der Waals surface area contributed by atoms with Crippen molar-refractivity contribution in [2.75, 3.05) is 5.32 Å². The lowest BCUT2D eigenvalue weighted by molar-refractivity contribution is -0.123. The number of benzene rings is 3. The fourth-order valence-corrected chi connectivity index (χ4v) is 3.93. The monoisotopic (exact) mass is 439 g/mol. The number of amides is 1. The number of aromatic nitrogens is 2. The molecule has 4 aromatic rings. The minimum absolute atomic E-state index is 0.00897. The molecule has 0 atom stereocenters. The van der Waals surface area contributed by atoms with E-state index in [4.69, 9.17) is 4.98 Å². The van der Waals surface area contributed by atoms with E-state index in [0.29, 0.717) is 0 Å². The van der Waals surface area contributed by atoms with Crippen LogP contribution >= 0.6 is 0 Å². The zero-order valence-corrected chi connectivity index (χ0v) is 20.1. The highest BCUT2D eigenvalue weighted by Crippen LogP contribution is 2.26. The van der Waals surface area contributed by atoms with Crippen LogP contribution in [0, 0.1) is 5.41 Å². The van der Waals surface area contributed by atoms with E-state index in [-0.39, 0.29) is 5.91 Å². The number of rotatable bonds is 7. The summed E-state index contributed by atoms with van der Waals surface area (Å²) in [5.74, 6) is 1.10. The van der Waals surface area contributed by atoms with Crippen LogP contribution in [0.4, 0.5) is 5.69 Å². The van der Waals surface area contributed by atoms with Crippen LogP contribution in [0.15, 0.2) is 72.8 Å². The summed E-state index contributed by atoms with van der Waals surface area (Å²) in [7, 11) is 0. The van der Waals surface area contributed by atoms with Crippen molar-refractivity contribution in [2.24, 2.45) is 5.41 Å². The van der Waals surface area contributed by atoms with Crippen LogP contribution in [0.5, 0.6) is 0 Å². The number of hydrogen-bond acceptors (Lipinski definition) is 2. The Morgan fingerprint density at radius 2 is 1.70 bits per heavy atom. The molecule has 4 rings (SSSR count). The van der Waals surface area contributed by atoms with E-state index in [9.17, 15) is 4.79 Å². The lowest BCUT2D eigenvalue weighted by Crippen LogP contribution is -2.27. The van der Waals surface area contributed by atoms with Crippen molar-refractivity contribution < 1.29 is 4.79 Å². The quantitative estimate of drug-likeness (QED) is 0.334. The number of carbonyl (C=O) groups is 1. The van der Waals surface area contributed by atoms with Crippen LogP contribution in [-0.2, 0) is 17.8 Å². The molecule has 0 bridgehead atoms. The summed E-state index contributed by atoms with van der Waals surface area (Å²) < 4.78 is 2.31. The minimum atomic E-state index is -0.445. The zero-order valence-electron chi connectivity index (χ0n) is 20.1. The van der Waals surface area contributed by atoms with E-state index in [1.54, 1.807) is 0 Å². The molecule has 0 aliphatic heterocycles. The predicted molar refractivity (Wildman–Crippen MR) is 137 cm³/mol. The van der Waals surface area contributed by atoms with Crippen LogP contribution in [0.1, 0.15) is 51.9 Å². The Bertz CT molecular complexity index is 1250. The van der Waals surface area contributed by atoms with Gasteiger partial charge in [0.2, 0.25) is 5.91 Å². The first-order valence-corrected chi connectivity index (χ1v) is 11.8. The first kappa shape index (κ1) is 22.8. The molecule has 1 heterocycles. The second-order valence-electron chi connectivity index (χ2n) is 9.69. The molecule has 0 aliphatic carbocycles. The number of hydrogen-bond donors (Lipinski definition) is 1. The fourth-order valence-electron chi connectivity index (χ4n) is 3.93. The molecule has 0 saturated carbocycles. The van der Waals surface area contributed by atoms with Crippen LogP contribution in [0.2, 0.25) is 0 Å². The third-order valence-corrected chi connectivity index (χ3v) is 5.90. The summed E-state index contributed by atoms with van der Waals surface area (Å²) in [6.07, 6.45) is 3.16. The van der Waals surface area contributed by atoms with Crippen molar-refractivity contribution >= 4 is 22.6 Å². The number of anilines is 1. The van der Waals surface area contributed by atoms with Crippen molar-refractivity contribution in [3.8, 4) is 11.1 Å². The van der Waals surface area contributed by atoms with Gasteiger partial charge in [-0.2, -0.15) is 0 Å². The molecule has 4 nitrogen and oxygen atoms in total. The summed E-state index contributed by atoms with van der Waals surface area (Å²) in [6.45, 7) is 8.72. The van der Waals surface area contributed by atoms with Gasteiger partial charge in [-0.25, -0.2) is 4.98 Å². The number of carbonyl (C=O) groups excluding carboxylic acids is 1. The average molecular weight is 440 g/mol. The zero-order chi connectivity index (χ0) is 23.4. The normalized spacial score (nSPS) is 11.6. The summed E-state index contributed by atoms with van der Waals surface area (Å²) in [5, 5.41) is 3.07. The van der Waals surface area contributed by atoms with Crippen molar-refractivity contribution in [2.45, 2.75) is 53.5 Å². The molecular weight excluding hydrogens is 406 g/mol. The smallest absolute Gasteiger partial charge is 0.229 e. The Kier molecular flexibility index (Phi) is 6.64. The first-order valence-electron chi connectivity index (χ1n) is 11.8. The summed E-state index contributed by atoms with van der Waals surface area (Å²) in [6, 6.07) is 25.2. The van der Waals surface area contributed by atoms with Crippen LogP contribution < -0.4 is 5.32 Å². The number of nitrogens with one attached hydrogen (secondary N) is 1. The molecule has 33 heavy (non-hydrogen) atoms. The molecule has 1 N–H and O–H groups in total. The maximum absolute atomic E-state index is 12.5. The van der Waals surface area contributed by atoms with Gasteiger partial charge in [0.05, 0.1) is 11.0 Å². The molecular formula is C29H33N3O. The van der Waals surface area contributed by atoms with Gasteiger partial charge in [-0.3, -0.25) is 4.79 Å². The number of nitrogens with zero attached hydrogens (tertiary/aromatic N) is 2. The molecule has 1 aromatic heterocycles. The highest BCUT2D eigenvalue weighted by atomic mass is 16.2. The molecule has 1 amide bonds. The van der Waals surface area contributed by atoms with E-state index in [1.807, 2.05) is 39.0 Å². The molecule has 0 unspecified atom stereocenters. The van der Waals surface area contributed by atoms with Gasteiger partial charge >= 0.3 is 0 Å². The molecule has 0 aliphatic rings. The average Bonchev–Trinajstić information content (AvgIpc) is 3.14. The minimum Gasteiger partial charge on any atom is -0.326 e. The Morgan fingerprint density at radius 3 is 2.42 bits per heavy atom. The van der Waals surface area contributed by atoms with Crippen molar-refractivity contribution in [3.63, 3.8) is 0 Å². The number of fused-ring (bicyclic) bond motifs is 1. The highest BCUT2D eigenvalue weighted by Gasteiger charge is 2.21. The van der Waals surface area contributed by atoms with Gasteiger partial charge in [0.15, 0.2) is 0 Å². The van der Waals surface area contributed by atoms with Gasteiger partial charge in [-0.1, -0.05) is 82.6 Å². The Morgan fingerprint density at radius 1 is 0.939 bits per heavy atom. The Balaban J connectivity index is 1.71. The van der Waals surface area contributed by atoms with Gasteiger partial charge in [0.25, 0.3) is 0 Å². The van der Waals surface area contributed by atoms with Crippen molar-refractivity contribution in [1.82, 2.24) is 9.55 Å². The SMILES string of the molecule is CCCCc1nc2ccc(NC(=O)C(C)(C)C)cc2n1Cc1cccc(-c2ccccc2)c1. The van der Waals surface area contributed by atoms with E-state index in [0.717, 1.165) is 48.4 Å². The maximum atomic E-state index is 12.5. The molecule has 4 heteroatoms. The lowest BCUT2D eigenvalue weighted by Gasteiger charge is -2.18. The first-order chi connectivity index (χ1) is 15.8. The number of imidazole rings is 1. The van der Waals surface area contributed by atoms with E-state index >= 15 is 0 Å². The van der Waals surface area contributed by atoms with Crippen LogP contribution in [0.3, 0.4) is 0 Å². The molecule has 170 valence electrons. The standard InChI is InChI=1S/C29H33N3O/c1-5-6-15-27-31-25-17-16-24(30-28(33)29(2,3)4)19-26(25)32(27)20-21-11-10-14-23(18-21)22-12-8-7-9-13-22/h7-14,16-19H,5-6,15,20H2,1-4H3,(H,30,33). The third kappa shape index (κ3) is 5.33. The largest absolute Gasteiger partial charge is 0.326 e. The highest BCUT2D eigenvalue weighted by molar-refractivity contribution is 5.96. The second-order valence-corrected chi connectivity index (χ2v) is 9.69. The van der Waals surface area contributed by atoms with Gasteiger partial charge in [0.1, 0.15) is 5.82 Å². The second kappa shape index (κ2) is 9.62. The van der Waals surface area contributed by atoms with Gasteiger partial charge in [-0.05, 0) is 47.4 Å². The molecule has 3 aromatic carbocycles. The molecule has 0 radical (unpaired) electrons. The number of aryl methyl sites for hydroxylation is 1. The van der Waals surface area contributed by atoms with Crippen LogP contribution in [0.25, 0.3) is 22.2 Å². The van der Waals surface area contributed by atoms with E-state index in [1.165, 1.54) is 16.7 Å². The maximum Gasteiger partial charge on any atom is 0.229 e. The van der Waals surface area contributed by atoms with Crippen LogP contribution in [-0.4, -0.2) is 15.5 Å². The summed E-state index contributed by atoms with van der Waals surface area (Å²) >= 11 is 0. The third-order valence-electron chi connectivity index (χ3n) is 5.90. The molecule has 0 fully saturated rings. The Labute approximate surface area is 196 Å². The summed E-state index contributed by atoms with van der Waals surface area (Å²) in [4.78, 5) is 17.5. The van der Waals surface area contributed by atoms with Gasteiger partial charge in [-0.15, -0.1) is 0 Å². The van der Waals surface area contributed by atoms with Gasteiger partial charge in [0, 0.05) is 24.1 Å². The Hall–Kier alpha value is -3.40. The molecule has 0 spiro atoms. The lowest BCUT2D eigenvalue weighted by atomic mass is 9.95.